The minimum absolute atomic E-state index is 0.142. The molecule has 34 heavy (non-hydrogen) atoms. The topological polar surface area (TPSA) is 105 Å². The Balaban J connectivity index is 1.56. The third-order valence-corrected chi connectivity index (χ3v) is 10.4. The number of fused-ring (bicyclic) bond motifs is 1. The molecule has 0 N–H and O–H groups in total. The van der Waals surface area contributed by atoms with E-state index < -0.39 is 20.0 Å². The fourth-order valence-electron chi connectivity index (χ4n) is 4.53. The van der Waals surface area contributed by atoms with Gasteiger partial charge in [0.15, 0.2) is 5.65 Å². The molecule has 0 bridgehead atoms. The van der Waals surface area contributed by atoms with Crippen molar-refractivity contribution in [2.45, 2.75) is 43.5 Å². The van der Waals surface area contributed by atoms with E-state index in [-0.39, 0.29) is 22.6 Å². The van der Waals surface area contributed by atoms with Crippen LogP contribution in [0.15, 0.2) is 47.8 Å². The summed E-state index contributed by atoms with van der Waals surface area (Å²) < 4.78 is 53.4. The van der Waals surface area contributed by atoms with E-state index >= 15 is 0 Å². The van der Waals surface area contributed by atoms with Gasteiger partial charge < -0.3 is 4.90 Å². The number of aromatic nitrogens is 3. The quantitative estimate of drug-likeness (QED) is 0.486. The Hall–Kier alpha value is -2.50. The molecule has 0 saturated heterocycles. The van der Waals surface area contributed by atoms with Gasteiger partial charge in [0, 0.05) is 33.4 Å². The Morgan fingerprint density at radius 3 is 2.21 bits per heavy atom. The van der Waals surface area contributed by atoms with Gasteiger partial charge in [-0.05, 0) is 56.7 Å². The van der Waals surface area contributed by atoms with E-state index in [1.807, 2.05) is 14.0 Å². The van der Waals surface area contributed by atoms with Crippen molar-refractivity contribution < 1.29 is 16.8 Å². The first kappa shape index (κ1) is 24.6. The molecule has 0 amide bonds. The van der Waals surface area contributed by atoms with Gasteiger partial charge in [0.2, 0.25) is 10.0 Å². The zero-order valence-corrected chi connectivity index (χ0v) is 21.6. The lowest BCUT2D eigenvalue weighted by atomic mass is 9.86. The Labute approximate surface area is 201 Å². The molecule has 1 aliphatic rings. The SMILES string of the molecule is Cc1ccc(S(=O)(=O)n2ccc3c(N(C)C4CCC(CS(=O)(=O)N(C)C)CC4)ncnc32)cc1. The Morgan fingerprint density at radius 1 is 0.941 bits per heavy atom. The summed E-state index contributed by atoms with van der Waals surface area (Å²) in [5.41, 5.74) is 1.32. The molecule has 0 spiro atoms. The van der Waals surface area contributed by atoms with Crippen molar-refractivity contribution in [2.75, 3.05) is 31.8 Å². The molecule has 9 nitrogen and oxygen atoms in total. The first-order valence-corrected chi connectivity index (χ1v) is 14.3. The van der Waals surface area contributed by atoms with Crippen molar-refractivity contribution in [1.82, 2.24) is 18.2 Å². The molecule has 1 fully saturated rings. The van der Waals surface area contributed by atoms with Crippen LogP contribution in [0.2, 0.25) is 0 Å². The normalized spacial score (nSPS) is 19.6. The second kappa shape index (κ2) is 9.27. The predicted octanol–water partition coefficient (Wildman–Crippen LogP) is 2.86. The molecule has 0 atom stereocenters. The van der Waals surface area contributed by atoms with Crippen molar-refractivity contribution in [2.24, 2.45) is 5.92 Å². The Kier molecular flexibility index (Phi) is 6.71. The maximum atomic E-state index is 13.2. The number of aryl methyl sites for hydroxylation is 1. The lowest BCUT2D eigenvalue weighted by Gasteiger charge is -2.35. The van der Waals surface area contributed by atoms with Gasteiger partial charge in [-0.1, -0.05) is 17.7 Å². The molecule has 3 aromatic rings. The largest absolute Gasteiger partial charge is 0.356 e. The maximum Gasteiger partial charge on any atom is 0.269 e. The lowest BCUT2D eigenvalue weighted by Crippen LogP contribution is -2.38. The summed E-state index contributed by atoms with van der Waals surface area (Å²) in [4.78, 5) is 11.0. The molecule has 0 aliphatic heterocycles. The van der Waals surface area contributed by atoms with Gasteiger partial charge in [-0.15, -0.1) is 0 Å². The van der Waals surface area contributed by atoms with Gasteiger partial charge in [-0.3, -0.25) is 0 Å². The van der Waals surface area contributed by atoms with E-state index in [2.05, 4.69) is 14.9 Å². The van der Waals surface area contributed by atoms with Crippen LogP contribution in [0.3, 0.4) is 0 Å². The van der Waals surface area contributed by atoms with Gasteiger partial charge in [0.25, 0.3) is 10.0 Å². The van der Waals surface area contributed by atoms with Gasteiger partial charge in [-0.2, -0.15) is 0 Å². The summed E-state index contributed by atoms with van der Waals surface area (Å²) in [5, 5.41) is 0.665. The summed E-state index contributed by atoms with van der Waals surface area (Å²) in [6.07, 6.45) is 6.24. The second-order valence-corrected chi connectivity index (χ2v) is 13.3. The van der Waals surface area contributed by atoms with Crippen LogP contribution in [-0.2, 0) is 20.0 Å². The van der Waals surface area contributed by atoms with Crippen LogP contribution >= 0.6 is 0 Å². The average Bonchev–Trinajstić information content (AvgIpc) is 3.24. The molecule has 11 heteroatoms. The molecular weight excluding hydrogens is 474 g/mol. The van der Waals surface area contributed by atoms with Gasteiger partial charge in [0.1, 0.15) is 12.1 Å². The molecule has 4 rings (SSSR count). The number of anilines is 1. The lowest BCUT2D eigenvalue weighted by molar-refractivity contribution is 0.337. The summed E-state index contributed by atoms with van der Waals surface area (Å²) in [6, 6.07) is 8.66. The summed E-state index contributed by atoms with van der Waals surface area (Å²) in [6.45, 7) is 1.91. The smallest absolute Gasteiger partial charge is 0.269 e. The highest BCUT2D eigenvalue weighted by atomic mass is 32.2. The van der Waals surface area contributed by atoms with E-state index in [1.165, 1.54) is 20.8 Å². The van der Waals surface area contributed by atoms with Crippen molar-refractivity contribution in [3.8, 4) is 0 Å². The van der Waals surface area contributed by atoms with Crippen molar-refractivity contribution in [3.05, 3.63) is 48.4 Å². The van der Waals surface area contributed by atoms with Crippen LogP contribution in [0.5, 0.6) is 0 Å². The van der Waals surface area contributed by atoms with E-state index in [9.17, 15) is 16.8 Å². The van der Waals surface area contributed by atoms with Crippen LogP contribution < -0.4 is 4.90 Å². The zero-order chi connectivity index (χ0) is 24.7. The number of rotatable bonds is 7. The molecule has 0 unspecified atom stereocenters. The van der Waals surface area contributed by atoms with E-state index in [0.717, 1.165) is 31.2 Å². The first-order chi connectivity index (χ1) is 16.0. The highest BCUT2D eigenvalue weighted by Crippen LogP contribution is 2.33. The minimum Gasteiger partial charge on any atom is -0.356 e. The first-order valence-electron chi connectivity index (χ1n) is 11.3. The number of sulfonamides is 1. The van der Waals surface area contributed by atoms with Crippen molar-refractivity contribution in [1.29, 1.82) is 0 Å². The minimum atomic E-state index is -3.79. The number of hydrogen-bond acceptors (Lipinski definition) is 7. The highest BCUT2D eigenvalue weighted by Gasteiger charge is 2.30. The average molecular weight is 506 g/mol. The highest BCUT2D eigenvalue weighted by molar-refractivity contribution is 7.90. The van der Waals surface area contributed by atoms with Crippen LogP contribution in [0, 0.1) is 12.8 Å². The van der Waals surface area contributed by atoms with Crippen LogP contribution in [-0.4, -0.2) is 68.0 Å². The molecular formula is C23H31N5O4S2. The van der Waals surface area contributed by atoms with Gasteiger partial charge in [-0.25, -0.2) is 35.1 Å². The van der Waals surface area contributed by atoms with Crippen molar-refractivity contribution in [3.63, 3.8) is 0 Å². The maximum absolute atomic E-state index is 13.2. The molecule has 2 aromatic heterocycles. The molecule has 0 radical (unpaired) electrons. The van der Waals surface area contributed by atoms with Crippen LogP contribution in [0.4, 0.5) is 5.82 Å². The van der Waals surface area contributed by atoms with Gasteiger partial charge in [0.05, 0.1) is 16.0 Å². The number of hydrogen-bond donors (Lipinski definition) is 0. The number of nitrogens with zero attached hydrogens (tertiary/aromatic N) is 5. The monoisotopic (exact) mass is 505 g/mol. The molecule has 1 aliphatic carbocycles. The van der Waals surface area contributed by atoms with Crippen molar-refractivity contribution >= 4 is 36.9 Å². The predicted molar refractivity (Wildman–Crippen MR) is 133 cm³/mol. The van der Waals surface area contributed by atoms with Crippen LogP contribution in [0.1, 0.15) is 31.2 Å². The van der Waals surface area contributed by atoms with E-state index in [4.69, 9.17) is 0 Å². The molecule has 1 saturated carbocycles. The second-order valence-electron chi connectivity index (χ2n) is 9.21. The third kappa shape index (κ3) is 4.69. The molecule has 1 aromatic carbocycles. The summed E-state index contributed by atoms with van der Waals surface area (Å²) in [7, 11) is -1.91. The number of benzene rings is 1. The van der Waals surface area contributed by atoms with E-state index in [1.54, 1.807) is 44.4 Å². The Bertz CT molecular complexity index is 1370. The zero-order valence-electron chi connectivity index (χ0n) is 19.9. The van der Waals surface area contributed by atoms with E-state index in [0.29, 0.717) is 16.9 Å². The Morgan fingerprint density at radius 2 is 1.59 bits per heavy atom. The van der Waals surface area contributed by atoms with Crippen LogP contribution in [0.25, 0.3) is 11.0 Å². The fourth-order valence-corrected chi connectivity index (χ4v) is 7.06. The fraction of sp³-hybridized carbons (Fsp3) is 0.478. The summed E-state index contributed by atoms with van der Waals surface area (Å²) >= 11 is 0. The standard InChI is InChI=1S/C23H31N5O4S2/c1-17-5-11-20(12-6-17)34(31,32)28-14-13-21-22(24-16-25-23(21)28)27(4)19-9-7-18(8-10-19)15-33(29,30)26(2)3/h5-6,11-14,16,18-19H,7-10,15H2,1-4H3. The molecule has 2 heterocycles. The van der Waals surface area contributed by atoms with Gasteiger partial charge >= 0.3 is 0 Å². The third-order valence-electron chi connectivity index (χ3n) is 6.71. The summed E-state index contributed by atoms with van der Waals surface area (Å²) in [5.74, 6) is 0.990. The molecule has 184 valence electrons.